The van der Waals surface area contributed by atoms with Crippen LogP contribution >= 0.6 is 11.8 Å². The standard InChI is InChI=1S/C11H16N4S/c1-8(3-4-16-2)15-11-10(13)5-9(6-12)7-14-11/h5,7-8H,3-4,13H2,1-2H3,(H,14,15). The van der Waals surface area contributed by atoms with Crippen LogP contribution < -0.4 is 11.1 Å². The second-order valence-corrected chi connectivity index (χ2v) is 4.59. The minimum Gasteiger partial charge on any atom is -0.396 e. The van der Waals surface area contributed by atoms with Crippen molar-refractivity contribution < 1.29 is 0 Å². The van der Waals surface area contributed by atoms with Crippen molar-refractivity contribution in [3.05, 3.63) is 17.8 Å². The molecule has 0 fully saturated rings. The van der Waals surface area contributed by atoms with Crippen molar-refractivity contribution in [2.45, 2.75) is 19.4 Å². The van der Waals surface area contributed by atoms with Gasteiger partial charge in [-0.25, -0.2) is 4.98 Å². The molecule has 0 aliphatic rings. The van der Waals surface area contributed by atoms with E-state index >= 15 is 0 Å². The highest BCUT2D eigenvalue weighted by atomic mass is 32.2. The first-order valence-electron chi connectivity index (χ1n) is 5.08. The second kappa shape index (κ2) is 6.23. The molecular formula is C11H16N4S. The summed E-state index contributed by atoms with van der Waals surface area (Å²) in [5.41, 5.74) is 6.80. The van der Waals surface area contributed by atoms with E-state index in [0.29, 0.717) is 23.1 Å². The minimum atomic E-state index is 0.329. The van der Waals surface area contributed by atoms with Crippen molar-refractivity contribution >= 4 is 23.3 Å². The summed E-state index contributed by atoms with van der Waals surface area (Å²) >= 11 is 1.82. The van der Waals surface area contributed by atoms with Crippen LogP contribution in [0.25, 0.3) is 0 Å². The van der Waals surface area contributed by atoms with Crippen LogP contribution in [-0.4, -0.2) is 23.0 Å². The Kier molecular flexibility index (Phi) is 4.93. The van der Waals surface area contributed by atoms with E-state index in [4.69, 9.17) is 11.0 Å². The predicted octanol–water partition coefficient (Wildman–Crippen LogP) is 2.09. The van der Waals surface area contributed by atoms with Gasteiger partial charge in [-0.2, -0.15) is 17.0 Å². The van der Waals surface area contributed by atoms with Gasteiger partial charge >= 0.3 is 0 Å². The van der Waals surface area contributed by atoms with Crippen LogP contribution in [0.2, 0.25) is 0 Å². The number of nitrogen functional groups attached to an aromatic ring is 1. The molecule has 0 spiro atoms. The van der Waals surface area contributed by atoms with Gasteiger partial charge in [-0.3, -0.25) is 0 Å². The zero-order valence-corrected chi connectivity index (χ0v) is 10.3. The van der Waals surface area contributed by atoms with E-state index in [1.54, 1.807) is 6.07 Å². The summed E-state index contributed by atoms with van der Waals surface area (Å²) in [5.74, 6) is 1.76. The molecule has 1 rings (SSSR count). The summed E-state index contributed by atoms with van der Waals surface area (Å²) in [6.07, 6.45) is 4.67. The van der Waals surface area contributed by atoms with Gasteiger partial charge in [0.15, 0.2) is 0 Å². The van der Waals surface area contributed by atoms with Crippen molar-refractivity contribution in [1.29, 1.82) is 5.26 Å². The summed E-state index contributed by atoms with van der Waals surface area (Å²) in [5, 5.41) is 11.9. The van der Waals surface area contributed by atoms with E-state index in [-0.39, 0.29) is 0 Å². The summed E-state index contributed by atoms with van der Waals surface area (Å²) in [7, 11) is 0. The van der Waals surface area contributed by atoms with E-state index in [1.165, 1.54) is 6.20 Å². The first-order chi connectivity index (χ1) is 7.67. The number of hydrogen-bond acceptors (Lipinski definition) is 5. The van der Waals surface area contributed by atoms with Gasteiger partial charge < -0.3 is 11.1 Å². The molecule has 1 atom stereocenters. The smallest absolute Gasteiger partial charge is 0.149 e. The number of nitrogens with two attached hydrogens (primary N) is 1. The van der Waals surface area contributed by atoms with E-state index < -0.39 is 0 Å². The Morgan fingerprint density at radius 2 is 2.44 bits per heavy atom. The first kappa shape index (κ1) is 12.7. The van der Waals surface area contributed by atoms with Gasteiger partial charge in [0.05, 0.1) is 11.3 Å². The quantitative estimate of drug-likeness (QED) is 0.818. The molecule has 86 valence electrons. The van der Waals surface area contributed by atoms with Gasteiger partial charge in [0.25, 0.3) is 0 Å². The van der Waals surface area contributed by atoms with Crippen LogP contribution in [0.1, 0.15) is 18.9 Å². The molecule has 0 aromatic carbocycles. The molecule has 3 N–H and O–H groups in total. The zero-order chi connectivity index (χ0) is 12.0. The Morgan fingerprint density at radius 1 is 1.69 bits per heavy atom. The van der Waals surface area contributed by atoms with Gasteiger partial charge in [0, 0.05) is 12.2 Å². The highest BCUT2D eigenvalue weighted by molar-refractivity contribution is 7.98. The van der Waals surface area contributed by atoms with Crippen molar-refractivity contribution in [2.24, 2.45) is 0 Å². The molecule has 0 amide bonds. The lowest BCUT2D eigenvalue weighted by atomic mass is 10.2. The molecule has 0 saturated carbocycles. The summed E-state index contributed by atoms with van der Waals surface area (Å²) < 4.78 is 0. The molecule has 1 heterocycles. The van der Waals surface area contributed by atoms with Gasteiger partial charge in [0.1, 0.15) is 11.9 Å². The minimum absolute atomic E-state index is 0.329. The Labute approximate surface area is 100 Å². The normalized spacial score (nSPS) is 11.8. The number of pyridine rings is 1. The van der Waals surface area contributed by atoms with Gasteiger partial charge in [-0.1, -0.05) is 0 Å². The molecule has 1 aromatic heterocycles. The highest BCUT2D eigenvalue weighted by Gasteiger charge is 2.06. The number of nitrogens with one attached hydrogen (secondary N) is 1. The largest absolute Gasteiger partial charge is 0.396 e. The Bertz CT molecular complexity index is 386. The number of nitriles is 1. The van der Waals surface area contributed by atoms with E-state index in [1.807, 2.05) is 17.8 Å². The van der Waals surface area contributed by atoms with Crippen LogP contribution in [0.3, 0.4) is 0 Å². The lowest BCUT2D eigenvalue weighted by molar-refractivity contribution is 0.767. The molecule has 0 bridgehead atoms. The summed E-state index contributed by atoms with van der Waals surface area (Å²) in [6.45, 7) is 2.09. The zero-order valence-electron chi connectivity index (χ0n) is 9.53. The van der Waals surface area contributed by atoms with Crippen LogP contribution in [0, 0.1) is 11.3 Å². The Balaban J connectivity index is 2.64. The number of hydrogen-bond donors (Lipinski definition) is 2. The van der Waals surface area contributed by atoms with Gasteiger partial charge in [-0.15, -0.1) is 0 Å². The lowest BCUT2D eigenvalue weighted by Gasteiger charge is -2.15. The predicted molar refractivity (Wildman–Crippen MR) is 69.4 cm³/mol. The molecule has 0 aliphatic carbocycles. The molecule has 1 unspecified atom stereocenters. The molecule has 0 aliphatic heterocycles. The van der Waals surface area contributed by atoms with Gasteiger partial charge in [-0.05, 0) is 31.4 Å². The molecule has 1 aromatic rings. The molecular weight excluding hydrogens is 220 g/mol. The van der Waals surface area contributed by atoms with Crippen LogP contribution in [-0.2, 0) is 0 Å². The third-order valence-electron chi connectivity index (χ3n) is 2.18. The maximum Gasteiger partial charge on any atom is 0.149 e. The monoisotopic (exact) mass is 236 g/mol. The maximum atomic E-state index is 8.68. The Hall–Kier alpha value is -1.41. The molecule has 0 radical (unpaired) electrons. The van der Waals surface area contributed by atoms with E-state index in [0.717, 1.165) is 12.2 Å². The van der Waals surface area contributed by atoms with Crippen LogP contribution in [0.4, 0.5) is 11.5 Å². The third kappa shape index (κ3) is 3.63. The average molecular weight is 236 g/mol. The fourth-order valence-electron chi connectivity index (χ4n) is 1.26. The Morgan fingerprint density at radius 3 is 3.00 bits per heavy atom. The second-order valence-electron chi connectivity index (χ2n) is 3.60. The van der Waals surface area contributed by atoms with Crippen molar-refractivity contribution in [3.63, 3.8) is 0 Å². The van der Waals surface area contributed by atoms with Gasteiger partial charge in [0.2, 0.25) is 0 Å². The van der Waals surface area contributed by atoms with Crippen molar-refractivity contribution in [2.75, 3.05) is 23.1 Å². The topological polar surface area (TPSA) is 74.7 Å². The SMILES string of the molecule is CSCCC(C)Nc1ncc(C#N)cc1N. The number of nitrogens with zero attached hydrogens (tertiary/aromatic N) is 2. The molecule has 5 heteroatoms. The van der Waals surface area contributed by atoms with Crippen molar-refractivity contribution in [3.8, 4) is 6.07 Å². The van der Waals surface area contributed by atoms with Crippen LogP contribution in [0.5, 0.6) is 0 Å². The number of thioether (sulfide) groups is 1. The third-order valence-corrected chi connectivity index (χ3v) is 2.83. The first-order valence-corrected chi connectivity index (χ1v) is 6.48. The number of aromatic nitrogens is 1. The summed E-state index contributed by atoms with van der Waals surface area (Å²) in [4.78, 5) is 4.13. The fourth-order valence-corrected chi connectivity index (χ4v) is 1.85. The highest BCUT2D eigenvalue weighted by Crippen LogP contribution is 2.17. The number of anilines is 2. The summed E-state index contributed by atoms with van der Waals surface area (Å²) in [6, 6.07) is 3.97. The fraction of sp³-hybridized carbons (Fsp3) is 0.455. The average Bonchev–Trinajstić information content (AvgIpc) is 2.29. The molecule has 0 saturated heterocycles. The van der Waals surface area contributed by atoms with E-state index in [9.17, 15) is 0 Å². The molecule has 4 nitrogen and oxygen atoms in total. The lowest BCUT2D eigenvalue weighted by Crippen LogP contribution is -2.17. The number of rotatable bonds is 5. The van der Waals surface area contributed by atoms with Crippen LogP contribution in [0.15, 0.2) is 12.3 Å². The van der Waals surface area contributed by atoms with Crippen molar-refractivity contribution in [1.82, 2.24) is 4.98 Å². The molecule has 16 heavy (non-hydrogen) atoms. The van der Waals surface area contributed by atoms with E-state index in [2.05, 4.69) is 23.5 Å². The maximum absolute atomic E-state index is 8.68.